The molecule has 1 unspecified atom stereocenters. The van der Waals surface area contributed by atoms with Gasteiger partial charge in [0, 0.05) is 152 Å². The maximum atomic E-state index is 13.9. The van der Waals surface area contributed by atoms with E-state index < -0.39 is 77.9 Å². The zero-order valence-electron chi connectivity index (χ0n) is 47.2. The number of nitrogens with zero attached hydrogens (tertiary/aromatic N) is 12. The molecule has 3 fully saturated rings. The number of aryl methyl sites for hydroxylation is 2. The van der Waals surface area contributed by atoms with Gasteiger partial charge in [-0.05, 0) is 35.0 Å². The van der Waals surface area contributed by atoms with Crippen LogP contribution >= 0.6 is 12.0 Å². The number of carbonyl (C=O) groups is 7. The molecule has 0 radical (unpaired) electrons. The van der Waals surface area contributed by atoms with Gasteiger partial charge < -0.3 is 46.0 Å². The van der Waals surface area contributed by atoms with Crippen molar-refractivity contribution < 1.29 is 67.9 Å². The second-order valence-corrected chi connectivity index (χ2v) is 20.8. The first-order valence-electron chi connectivity index (χ1n) is 26.3. The van der Waals surface area contributed by atoms with Crippen LogP contribution in [0.3, 0.4) is 0 Å². The van der Waals surface area contributed by atoms with Crippen molar-refractivity contribution in [2.24, 2.45) is 0 Å². The van der Waals surface area contributed by atoms with E-state index in [0.29, 0.717) is 23.2 Å². The van der Waals surface area contributed by atoms with Crippen LogP contribution in [0.2, 0.25) is 0 Å². The lowest BCUT2D eigenvalue weighted by Gasteiger charge is -2.33. The van der Waals surface area contributed by atoms with Gasteiger partial charge in [0.2, 0.25) is 17.7 Å². The van der Waals surface area contributed by atoms with Crippen molar-refractivity contribution >= 4 is 53.7 Å². The molecule has 2 aromatic rings. The number of aromatic nitrogens is 4. The number of carboxylic acid groups (broad SMARTS) is 3. The minimum atomic E-state index is -1.27. The summed E-state index contributed by atoms with van der Waals surface area (Å²) in [6.45, 7) is 15.6. The minimum Gasteiger partial charge on any atom is -0.480 e. The van der Waals surface area contributed by atoms with Crippen LogP contribution in [-0.2, 0) is 64.3 Å². The number of urea groups is 1. The summed E-state index contributed by atoms with van der Waals surface area (Å²) >= 11 is 0.674. The van der Waals surface area contributed by atoms with Crippen molar-refractivity contribution in [3.05, 3.63) is 89.5 Å². The Balaban J connectivity index is 0.000000269. The summed E-state index contributed by atoms with van der Waals surface area (Å²) in [5.74, 6) is -5.09. The molecule has 0 bridgehead atoms. The molecular formula is C49H76FN15O17S. The Morgan fingerprint density at radius 1 is 0.614 bits per heavy atom. The first-order chi connectivity index (χ1) is 39.3. The number of aliphatic carboxylic acids is 3. The number of allylic oxidation sites excluding steroid dienone is 1. The standard InChI is InChI=1S/C17H27N5O8S.C16H24FN5O4.C16H25N5O5/c1-12-7-21(10-15(24)25)17(27)22(16(12)26)8-13(11-31-30-29-28)18-14(23)9-20-5-3-19(2)4-6-20;1-12-13(17)9-21(16(26)22(12)11-15(24)25)4-3-18-14(23)10-20-7-5-19(2)6-8-20;1-12-9-20(16(26)21(15(12)25)11-14(23)24)4-3-17-13(22)10-19-7-5-18(2)6-8-19/h7,13,28H,3-6,8-11H2,1-2H3,(H,18,23)(H,24,25);9H,1,3-8,10-11H2,2H3,(H,18,23)(H,24,25);9H,3-8,10-11H2,1-2H3,(H,17,22)(H,23,24). The summed E-state index contributed by atoms with van der Waals surface area (Å²) in [6, 6.07) is -1.42. The third-order valence-electron chi connectivity index (χ3n) is 13.4. The van der Waals surface area contributed by atoms with Crippen LogP contribution < -0.4 is 38.4 Å². The molecule has 2 aromatic heterocycles. The lowest BCUT2D eigenvalue weighted by atomic mass is 10.3. The van der Waals surface area contributed by atoms with Gasteiger partial charge in [-0.25, -0.2) is 28.6 Å². The average molecular weight is 1200 g/mol. The Kier molecular flexibility index (Phi) is 27.9. The molecule has 6 heterocycles. The van der Waals surface area contributed by atoms with Gasteiger partial charge >= 0.3 is 35.3 Å². The second kappa shape index (κ2) is 33.8. The van der Waals surface area contributed by atoms with E-state index in [2.05, 4.69) is 51.5 Å². The molecule has 1 atom stereocenters. The Morgan fingerprint density at radius 3 is 1.52 bits per heavy atom. The van der Waals surface area contributed by atoms with Crippen LogP contribution in [0.25, 0.3) is 0 Å². The van der Waals surface area contributed by atoms with Crippen molar-refractivity contribution in [3.8, 4) is 0 Å². The molecular weight excluding hydrogens is 1120 g/mol. The molecule has 462 valence electrons. The molecule has 83 heavy (non-hydrogen) atoms. The van der Waals surface area contributed by atoms with Gasteiger partial charge in [0.1, 0.15) is 19.6 Å². The van der Waals surface area contributed by atoms with Crippen molar-refractivity contribution in [1.29, 1.82) is 0 Å². The number of carboxylic acids is 3. The number of nitrogens with one attached hydrogen (secondary N) is 3. The number of halogens is 1. The van der Waals surface area contributed by atoms with E-state index in [0.717, 1.165) is 104 Å². The third kappa shape index (κ3) is 22.9. The molecule has 4 aliphatic heterocycles. The number of rotatable bonds is 25. The fourth-order valence-electron chi connectivity index (χ4n) is 8.71. The van der Waals surface area contributed by atoms with Crippen molar-refractivity contribution in [2.75, 3.05) is 151 Å². The largest absolute Gasteiger partial charge is 0.480 e. The smallest absolute Gasteiger partial charge is 0.331 e. The quantitative estimate of drug-likeness (QED) is 0.0213. The minimum absolute atomic E-state index is 0.0319. The van der Waals surface area contributed by atoms with E-state index in [4.69, 9.17) is 20.6 Å². The van der Waals surface area contributed by atoms with Crippen molar-refractivity contribution in [1.82, 2.24) is 73.4 Å². The third-order valence-corrected chi connectivity index (χ3v) is 14.1. The first kappa shape index (κ1) is 68.3. The SMILES string of the molecule is C=C1C(F)=CN(CCNC(=O)CN2CCN(C)CC2)C(=O)N1CC(=O)O.Cc1cn(CC(=O)O)c(=O)n(CC(CSOOO)NC(=O)CN2CCN(C)CC2)c1=O.Cc1cn(CCNC(=O)CN2CCN(C)CC2)c(=O)n(CC(=O)O)c1=O. The number of piperazine rings is 3. The molecule has 0 aliphatic carbocycles. The molecule has 0 spiro atoms. The van der Waals surface area contributed by atoms with Crippen molar-refractivity contribution in [2.45, 2.75) is 46.1 Å². The Hall–Kier alpha value is -7.15. The van der Waals surface area contributed by atoms with Gasteiger partial charge in [0.05, 0.1) is 37.9 Å². The lowest BCUT2D eigenvalue weighted by Crippen LogP contribution is -2.52. The fraction of sp³-hybridized carbons (Fsp3) is 0.612. The highest BCUT2D eigenvalue weighted by molar-refractivity contribution is 7.94. The molecule has 34 heteroatoms. The maximum absolute atomic E-state index is 13.9. The molecule has 6 rings (SSSR count). The number of hydrogen-bond acceptors (Lipinski definition) is 21. The number of amides is 5. The van der Waals surface area contributed by atoms with Crippen LogP contribution in [0.4, 0.5) is 9.18 Å². The average Bonchev–Trinajstić information content (AvgIpc) is 3.64. The fourth-order valence-corrected chi connectivity index (χ4v) is 9.16. The van der Waals surface area contributed by atoms with Crippen LogP contribution in [0.1, 0.15) is 11.1 Å². The van der Waals surface area contributed by atoms with Crippen LogP contribution in [0, 0.1) is 13.8 Å². The summed E-state index contributed by atoms with van der Waals surface area (Å²) in [5, 5.41) is 46.8. The van der Waals surface area contributed by atoms with E-state index >= 15 is 0 Å². The van der Waals surface area contributed by atoms with Gasteiger partial charge in [-0.2, -0.15) is 0 Å². The molecule has 3 saturated heterocycles. The molecule has 7 N–H and O–H groups in total. The van der Waals surface area contributed by atoms with Gasteiger partial charge in [-0.15, -0.1) is 4.33 Å². The van der Waals surface area contributed by atoms with E-state index in [1.807, 2.05) is 30.9 Å². The predicted molar refractivity (Wildman–Crippen MR) is 296 cm³/mol. The van der Waals surface area contributed by atoms with E-state index in [1.54, 1.807) is 0 Å². The summed E-state index contributed by atoms with van der Waals surface area (Å²) in [6.07, 6.45) is 3.54. The number of hydrogen-bond donors (Lipinski definition) is 7. The summed E-state index contributed by atoms with van der Waals surface area (Å²) < 4.78 is 21.9. The second-order valence-electron chi connectivity index (χ2n) is 20.1. The monoisotopic (exact) mass is 1200 g/mol. The highest BCUT2D eigenvalue weighted by atomic mass is 32.2. The number of carbonyl (C=O) groups excluding carboxylic acids is 4. The Morgan fingerprint density at radius 2 is 1.05 bits per heavy atom. The Labute approximate surface area is 480 Å². The van der Waals surface area contributed by atoms with E-state index in [-0.39, 0.29) is 86.1 Å². The summed E-state index contributed by atoms with van der Waals surface area (Å²) in [4.78, 5) is 145. The zero-order chi connectivity index (χ0) is 61.5. The molecule has 0 saturated carbocycles. The Bertz CT molecular complexity index is 2880. The van der Waals surface area contributed by atoms with Crippen LogP contribution in [0.15, 0.2) is 55.9 Å². The summed E-state index contributed by atoms with van der Waals surface area (Å²) in [5.41, 5.74) is -2.53. The van der Waals surface area contributed by atoms with Gasteiger partial charge in [0.25, 0.3) is 11.1 Å². The molecule has 32 nitrogen and oxygen atoms in total. The normalized spacial score (nSPS) is 17.1. The van der Waals surface area contributed by atoms with Gasteiger partial charge in [-0.1, -0.05) is 11.6 Å². The highest BCUT2D eigenvalue weighted by Gasteiger charge is 2.31. The zero-order valence-corrected chi connectivity index (χ0v) is 48.1. The highest BCUT2D eigenvalue weighted by Crippen LogP contribution is 2.23. The first-order valence-corrected chi connectivity index (χ1v) is 27.2. The van der Waals surface area contributed by atoms with Crippen LogP contribution in [0.5, 0.6) is 0 Å². The van der Waals surface area contributed by atoms with E-state index in [1.165, 1.54) is 30.8 Å². The molecule has 4 aliphatic rings. The van der Waals surface area contributed by atoms with Gasteiger partial charge in [-0.3, -0.25) is 76.6 Å². The predicted octanol–water partition coefficient (Wildman–Crippen LogP) is -4.53. The maximum Gasteiger partial charge on any atom is 0.331 e. The topological polar surface area (TPSA) is 369 Å². The van der Waals surface area contributed by atoms with Gasteiger partial charge in [0.15, 0.2) is 5.83 Å². The van der Waals surface area contributed by atoms with E-state index in [9.17, 15) is 57.1 Å². The molecule has 5 amide bonds. The molecule has 0 aromatic carbocycles. The number of likely N-dealkylation sites (N-methyl/N-ethyl adjacent to an activating group) is 3. The lowest BCUT2D eigenvalue weighted by molar-refractivity contribution is -0.432. The van der Waals surface area contributed by atoms with Crippen LogP contribution in [-0.4, -0.2) is 277 Å². The van der Waals surface area contributed by atoms with Crippen molar-refractivity contribution in [3.63, 3.8) is 0 Å². The summed E-state index contributed by atoms with van der Waals surface area (Å²) in [7, 11) is 6.08.